The largest absolute Gasteiger partial charge is 0.255 e. The molecule has 0 unspecified atom stereocenters. The first-order chi connectivity index (χ1) is 17.3. The van der Waals surface area contributed by atoms with E-state index in [9.17, 15) is 0 Å². The third-order valence-corrected chi connectivity index (χ3v) is 6.32. The van der Waals surface area contributed by atoms with Crippen LogP contribution in [0.2, 0.25) is 0 Å². The molecule has 0 radical (unpaired) electrons. The number of para-hydroxylation sites is 1. The third kappa shape index (κ3) is 3.25. The van der Waals surface area contributed by atoms with E-state index in [0.717, 1.165) is 50.0 Å². The lowest BCUT2D eigenvalue weighted by Gasteiger charge is -2.09. The summed E-state index contributed by atoms with van der Waals surface area (Å²) in [6.45, 7) is 0. The summed E-state index contributed by atoms with van der Waals surface area (Å²) < 4.78 is 1.83. The maximum Gasteiger partial charge on any atom is 0.182 e. The zero-order valence-electron chi connectivity index (χ0n) is 18.7. The van der Waals surface area contributed by atoms with Gasteiger partial charge in [0.05, 0.1) is 16.9 Å². The zero-order chi connectivity index (χ0) is 23.2. The Morgan fingerprint density at radius 3 is 2.26 bits per heavy atom. The lowest BCUT2D eigenvalue weighted by Crippen LogP contribution is -1.93. The Morgan fingerprint density at radius 2 is 1.37 bits per heavy atom. The molecule has 4 aromatic heterocycles. The molecule has 0 spiro atoms. The second kappa shape index (κ2) is 7.85. The molecule has 4 heterocycles. The lowest BCUT2D eigenvalue weighted by molar-refractivity contribution is 0.966. The molecule has 0 fully saturated rings. The number of hydrogen-bond donors (Lipinski definition) is 0. The van der Waals surface area contributed by atoms with Crippen LogP contribution in [0, 0.1) is 0 Å². The summed E-state index contributed by atoms with van der Waals surface area (Å²) >= 11 is 0. The van der Waals surface area contributed by atoms with Gasteiger partial charge in [0.25, 0.3) is 0 Å². The van der Waals surface area contributed by atoms with Gasteiger partial charge in [-0.3, -0.25) is 4.98 Å². The summed E-state index contributed by atoms with van der Waals surface area (Å²) in [5, 5.41) is 8.15. The monoisotopic (exact) mass is 449 g/mol. The highest BCUT2D eigenvalue weighted by Gasteiger charge is 2.15. The van der Waals surface area contributed by atoms with Gasteiger partial charge in [-0.05, 0) is 41.3 Å². The lowest BCUT2D eigenvalue weighted by atomic mass is 10.0. The molecule has 5 heteroatoms. The van der Waals surface area contributed by atoms with Crippen LogP contribution in [-0.2, 0) is 0 Å². The predicted molar refractivity (Wildman–Crippen MR) is 140 cm³/mol. The summed E-state index contributed by atoms with van der Waals surface area (Å²) in [5.74, 6) is 0.655. The molecule has 0 aliphatic rings. The predicted octanol–water partition coefficient (Wildman–Crippen LogP) is 6.83. The molecule has 0 saturated heterocycles. The molecule has 0 bridgehead atoms. The van der Waals surface area contributed by atoms with E-state index >= 15 is 0 Å². The SMILES string of the molecule is c1ccc(-c2cccn3nc(-c4ccnc(-c5nc6ccccc6c6ccccc56)c4)nc23)cc1. The van der Waals surface area contributed by atoms with Gasteiger partial charge in [0.2, 0.25) is 0 Å². The molecule has 7 aromatic rings. The van der Waals surface area contributed by atoms with Crippen LogP contribution in [-0.4, -0.2) is 24.6 Å². The summed E-state index contributed by atoms with van der Waals surface area (Å²) in [7, 11) is 0. The minimum atomic E-state index is 0.655. The fourth-order valence-corrected chi connectivity index (χ4v) is 4.67. The Hall–Kier alpha value is -4.90. The standard InChI is InChI=1S/C30H19N5/c1-2-9-20(10-3-1)22-14-8-18-35-30(22)33-29(34-35)21-16-17-31-27(19-21)28-25-13-5-4-11-23(25)24-12-6-7-15-26(24)32-28/h1-19H. The van der Waals surface area contributed by atoms with Crippen molar-refractivity contribution in [3.05, 3.63) is 116 Å². The molecule has 0 aliphatic heterocycles. The number of benzene rings is 3. The van der Waals surface area contributed by atoms with Crippen LogP contribution in [0.5, 0.6) is 0 Å². The molecule has 3 aromatic carbocycles. The molecule has 0 aliphatic carbocycles. The van der Waals surface area contributed by atoms with E-state index in [1.54, 1.807) is 6.20 Å². The normalized spacial score (nSPS) is 11.4. The van der Waals surface area contributed by atoms with Crippen LogP contribution in [0.15, 0.2) is 116 Å². The Morgan fingerprint density at radius 1 is 0.600 bits per heavy atom. The average Bonchev–Trinajstić information content (AvgIpc) is 3.38. The van der Waals surface area contributed by atoms with E-state index in [-0.39, 0.29) is 0 Å². The minimum Gasteiger partial charge on any atom is -0.255 e. The summed E-state index contributed by atoms with van der Waals surface area (Å²) in [6.07, 6.45) is 3.74. The molecular weight excluding hydrogens is 430 g/mol. The minimum absolute atomic E-state index is 0.655. The Bertz CT molecular complexity index is 1850. The van der Waals surface area contributed by atoms with Crippen molar-refractivity contribution in [2.24, 2.45) is 0 Å². The van der Waals surface area contributed by atoms with E-state index in [0.29, 0.717) is 5.82 Å². The van der Waals surface area contributed by atoms with Crippen molar-refractivity contribution in [1.29, 1.82) is 0 Å². The van der Waals surface area contributed by atoms with Gasteiger partial charge < -0.3 is 0 Å². The van der Waals surface area contributed by atoms with E-state index in [2.05, 4.69) is 47.4 Å². The van der Waals surface area contributed by atoms with Crippen molar-refractivity contribution < 1.29 is 0 Å². The Balaban J connectivity index is 1.40. The second-order valence-electron chi connectivity index (χ2n) is 8.44. The van der Waals surface area contributed by atoms with Crippen LogP contribution < -0.4 is 0 Å². The van der Waals surface area contributed by atoms with Gasteiger partial charge in [-0.15, -0.1) is 5.10 Å². The van der Waals surface area contributed by atoms with Crippen LogP contribution in [0.1, 0.15) is 0 Å². The maximum absolute atomic E-state index is 5.00. The fourth-order valence-electron chi connectivity index (χ4n) is 4.67. The Kier molecular flexibility index (Phi) is 4.39. The van der Waals surface area contributed by atoms with Crippen molar-refractivity contribution in [3.63, 3.8) is 0 Å². The summed E-state index contributed by atoms with van der Waals surface area (Å²) in [6, 6.07) is 34.9. The van der Waals surface area contributed by atoms with Crippen LogP contribution >= 0.6 is 0 Å². The first kappa shape index (κ1) is 19.6. The molecule has 0 atom stereocenters. The van der Waals surface area contributed by atoms with E-state index in [1.807, 2.05) is 71.4 Å². The van der Waals surface area contributed by atoms with Crippen molar-refractivity contribution in [2.75, 3.05) is 0 Å². The van der Waals surface area contributed by atoms with Gasteiger partial charge in [-0.1, -0.05) is 72.8 Å². The van der Waals surface area contributed by atoms with Gasteiger partial charge in [0, 0.05) is 34.3 Å². The number of hydrogen-bond acceptors (Lipinski definition) is 4. The van der Waals surface area contributed by atoms with Crippen molar-refractivity contribution >= 4 is 27.3 Å². The first-order valence-electron chi connectivity index (χ1n) is 11.5. The van der Waals surface area contributed by atoms with Gasteiger partial charge >= 0.3 is 0 Å². The third-order valence-electron chi connectivity index (χ3n) is 6.32. The number of aromatic nitrogens is 5. The number of fused-ring (bicyclic) bond motifs is 4. The van der Waals surface area contributed by atoms with Crippen molar-refractivity contribution in [3.8, 4) is 33.9 Å². The topological polar surface area (TPSA) is 56.0 Å². The van der Waals surface area contributed by atoms with Gasteiger partial charge in [-0.2, -0.15) is 0 Å². The van der Waals surface area contributed by atoms with Gasteiger partial charge in [0.15, 0.2) is 11.5 Å². The van der Waals surface area contributed by atoms with E-state index in [1.165, 1.54) is 5.39 Å². The highest BCUT2D eigenvalue weighted by atomic mass is 15.3. The molecule has 7 rings (SSSR count). The number of pyridine rings is 3. The van der Waals surface area contributed by atoms with E-state index in [4.69, 9.17) is 15.1 Å². The molecule has 164 valence electrons. The quantitative estimate of drug-likeness (QED) is 0.278. The molecule has 0 N–H and O–H groups in total. The molecular formula is C30H19N5. The van der Waals surface area contributed by atoms with Crippen LogP contribution in [0.4, 0.5) is 0 Å². The molecule has 5 nitrogen and oxygen atoms in total. The maximum atomic E-state index is 5.00. The van der Waals surface area contributed by atoms with Gasteiger partial charge in [0.1, 0.15) is 0 Å². The average molecular weight is 450 g/mol. The van der Waals surface area contributed by atoms with Crippen LogP contribution in [0.25, 0.3) is 61.2 Å². The fraction of sp³-hybridized carbons (Fsp3) is 0. The highest BCUT2D eigenvalue weighted by Crippen LogP contribution is 2.33. The smallest absolute Gasteiger partial charge is 0.182 e. The zero-order valence-corrected chi connectivity index (χ0v) is 18.7. The van der Waals surface area contributed by atoms with E-state index < -0.39 is 0 Å². The number of rotatable bonds is 3. The molecule has 35 heavy (non-hydrogen) atoms. The van der Waals surface area contributed by atoms with Crippen molar-refractivity contribution in [1.82, 2.24) is 24.6 Å². The number of nitrogens with zero attached hydrogens (tertiary/aromatic N) is 5. The summed E-state index contributed by atoms with van der Waals surface area (Å²) in [5.41, 5.74) is 6.48. The Labute approximate surface area is 201 Å². The highest BCUT2D eigenvalue weighted by molar-refractivity contribution is 6.10. The molecule has 0 amide bonds. The first-order valence-corrected chi connectivity index (χ1v) is 11.5. The second-order valence-corrected chi connectivity index (χ2v) is 8.44. The van der Waals surface area contributed by atoms with Crippen molar-refractivity contribution in [2.45, 2.75) is 0 Å². The van der Waals surface area contributed by atoms with Crippen LogP contribution in [0.3, 0.4) is 0 Å². The van der Waals surface area contributed by atoms with Gasteiger partial charge in [-0.25, -0.2) is 14.5 Å². The summed E-state index contributed by atoms with van der Waals surface area (Å²) in [4.78, 5) is 14.6. The molecule has 0 saturated carbocycles.